The van der Waals surface area contributed by atoms with Crippen LogP contribution in [0.5, 0.6) is 5.75 Å². The lowest BCUT2D eigenvalue weighted by Crippen LogP contribution is -2.25. The Morgan fingerprint density at radius 2 is 1.80 bits per heavy atom. The Labute approximate surface area is 132 Å². The van der Waals surface area contributed by atoms with E-state index < -0.39 is 0 Å². The van der Waals surface area contributed by atoms with Crippen molar-refractivity contribution >= 4 is 22.6 Å². The van der Waals surface area contributed by atoms with E-state index in [2.05, 4.69) is 46.9 Å². The van der Waals surface area contributed by atoms with Crippen LogP contribution in [0.1, 0.15) is 19.3 Å². The van der Waals surface area contributed by atoms with E-state index >= 15 is 0 Å². The molecular weight excluding hydrogens is 363 g/mol. The molecule has 0 aliphatic heterocycles. The van der Waals surface area contributed by atoms with E-state index in [4.69, 9.17) is 4.74 Å². The van der Waals surface area contributed by atoms with Crippen LogP contribution in [-0.4, -0.2) is 17.3 Å². The molecule has 2 atom stereocenters. The summed E-state index contributed by atoms with van der Waals surface area (Å²) in [6.07, 6.45) is 2.47. The number of rotatable bonds is 3. The highest BCUT2D eigenvalue weighted by molar-refractivity contribution is 14.1. The zero-order valence-electron chi connectivity index (χ0n) is 11.1. The van der Waals surface area contributed by atoms with Gasteiger partial charge in [-0.15, -0.1) is 0 Å². The zero-order valence-corrected chi connectivity index (χ0v) is 13.3. The number of aliphatic hydroxyl groups excluding tert-OH is 1. The average Bonchev–Trinajstić information content (AvgIpc) is 2.87. The minimum atomic E-state index is -0.320. The second-order valence-corrected chi connectivity index (χ2v) is 6.33. The van der Waals surface area contributed by atoms with Gasteiger partial charge in [-0.3, -0.25) is 0 Å². The van der Waals surface area contributed by atoms with Gasteiger partial charge in [-0.2, -0.15) is 0 Å². The van der Waals surface area contributed by atoms with Gasteiger partial charge < -0.3 is 9.84 Å². The SMILES string of the molecule is O[C@H]1CCC[C@@H]1Oc1ccc(-c2ccccc2)cc1I. The van der Waals surface area contributed by atoms with E-state index in [0.29, 0.717) is 0 Å². The predicted octanol–water partition coefficient (Wildman–Crippen LogP) is 4.25. The highest BCUT2D eigenvalue weighted by atomic mass is 127. The molecule has 1 fully saturated rings. The molecule has 0 aromatic heterocycles. The van der Waals surface area contributed by atoms with Crippen molar-refractivity contribution in [1.82, 2.24) is 0 Å². The van der Waals surface area contributed by atoms with E-state index in [-0.39, 0.29) is 12.2 Å². The molecular formula is C17H17IO2. The lowest BCUT2D eigenvalue weighted by Gasteiger charge is -2.18. The van der Waals surface area contributed by atoms with Crippen molar-refractivity contribution in [3.05, 3.63) is 52.1 Å². The van der Waals surface area contributed by atoms with Gasteiger partial charge in [0.25, 0.3) is 0 Å². The van der Waals surface area contributed by atoms with Crippen molar-refractivity contribution in [3.63, 3.8) is 0 Å². The lowest BCUT2D eigenvalue weighted by molar-refractivity contribution is 0.0598. The third-order valence-corrected chi connectivity index (χ3v) is 4.58. The lowest BCUT2D eigenvalue weighted by atomic mass is 10.1. The number of halogens is 1. The molecule has 0 bridgehead atoms. The van der Waals surface area contributed by atoms with Crippen LogP contribution in [0.25, 0.3) is 11.1 Å². The summed E-state index contributed by atoms with van der Waals surface area (Å²) < 4.78 is 7.04. The fourth-order valence-electron chi connectivity index (χ4n) is 2.61. The monoisotopic (exact) mass is 380 g/mol. The van der Waals surface area contributed by atoms with Gasteiger partial charge >= 0.3 is 0 Å². The first-order valence-corrected chi connectivity index (χ1v) is 8.01. The van der Waals surface area contributed by atoms with Crippen LogP contribution in [0, 0.1) is 3.57 Å². The maximum atomic E-state index is 9.85. The minimum absolute atomic E-state index is 0.0499. The molecule has 0 heterocycles. The second-order valence-electron chi connectivity index (χ2n) is 5.17. The number of aliphatic hydroxyl groups is 1. The first-order valence-electron chi connectivity index (χ1n) is 6.94. The Morgan fingerprint density at radius 3 is 2.45 bits per heavy atom. The molecule has 1 N–H and O–H groups in total. The highest BCUT2D eigenvalue weighted by Gasteiger charge is 2.27. The summed E-state index contributed by atoms with van der Waals surface area (Å²) in [5.41, 5.74) is 2.40. The van der Waals surface area contributed by atoms with Gasteiger partial charge in [-0.1, -0.05) is 36.4 Å². The molecule has 0 spiro atoms. The van der Waals surface area contributed by atoms with Crippen molar-refractivity contribution < 1.29 is 9.84 Å². The maximum absolute atomic E-state index is 9.85. The van der Waals surface area contributed by atoms with Crippen molar-refractivity contribution in [2.24, 2.45) is 0 Å². The van der Waals surface area contributed by atoms with E-state index in [9.17, 15) is 5.11 Å². The van der Waals surface area contributed by atoms with E-state index in [1.165, 1.54) is 11.1 Å². The Morgan fingerprint density at radius 1 is 1.00 bits per heavy atom. The van der Waals surface area contributed by atoms with Crippen LogP contribution in [-0.2, 0) is 0 Å². The number of ether oxygens (including phenoxy) is 1. The Kier molecular flexibility index (Phi) is 4.27. The molecule has 0 amide bonds. The second kappa shape index (κ2) is 6.14. The summed E-state index contributed by atoms with van der Waals surface area (Å²) in [6, 6.07) is 16.5. The van der Waals surface area contributed by atoms with E-state index in [0.717, 1.165) is 28.6 Å². The Bertz CT molecular complexity index is 583. The first kappa shape index (κ1) is 13.9. The van der Waals surface area contributed by atoms with Gasteiger partial charge in [-0.05, 0) is 65.1 Å². The summed E-state index contributed by atoms with van der Waals surface area (Å²) in [5.74, 6) is 0.872. The maximum Gasteiger partial charge on any atom is 0.133 e. The minimum Gasteiger partial charge on any atom is -0.487 e. The summed E-state index contributed by atoms with van der Waals surface area (Å²) >= 11 is 2.30. The van der Waals surface area contributed by atoms with Crippen LogP contribution in [0.15, 0.2) is 48.5 Å². The fraction of sp³-hybridized carbons (Fsp3) is 0.294. The highest BCUT2D eigenvalue weighted by Crippen LogP contribution is 2.31. The number of hydrogen-bond acceptors (Lipinski definition) is 2. The quantitative estimate of drug-likeness (QED) is 0.807. The standard InChI is InChI=1S/C17H17IO2/c18-14-11-13(12-5-2-1-3-6-12)9-10-16(14)20-17-8-4-7-15(17)19/h1-3,5-6,9-11,15,17,19H,4,7-8H2/t15-,17-/m0/s1. The van der Waals surface area contributed by atoms with Crippen LogP contribution in [0.2, 0.25) is 0 Å². The molecule has 0 unspecified atom stereocenters. The molecule has 3 rings (SSSR count). The summed E-state index contributed by atoms with van der Waals surface area (Å²) in [7, 11) is 0. The summed E-state index contributed by atoms with van der Waals surface area (Å²) in [6.45, 7) is 0. The van der Waals surface area contributed by atoms with Crippen molar-refractivity contribution in [2.45, 2.75) is 31.5 Å². The Balaban J connectivity index is 1.81. The van der Waals surface area contributed by atoms with Crippen LogP contribution in [0.3, 0.4) is 0 Å². The molecule has 1 saturated carbocycles. The largest absolute Gasteiger partial charge is 0.487 e. The van der Waals surface area contributed by atoms with Gasteiger partial charge in [0.15, 0.2) is 0 Å². The van der Waals surface area contributed by atoms with E-state index in [1.54, 1.807) is 0 Å². The Hall–Kier alpha value is -1.07. The summed E-state index contributed by atoms with van der Waals surface area (Å²) in [4.78, 5) is 0. The normalized spacial score (nSPS) is 21.9. The van der Waals surface area contributed by atoms with Crippen molar-refractivity contribution in [1.29, 1.82) is 0 Å². The van der Waals surface area contributed by atoms with Crippen molar-refractivity contribution in [3.8, 4) is 16.9 Å². The molecule has 1 aliphatic rings. The van der Waals surface area contributed by atoms with Gasteiger partial charge in [-0.25, -0.2) is 0 Å². The third kappa shape index (κ3) is 2.99. The van der Waals surface area contributed by atoms with Crippen LogP contribution in [0.4, 0.5) is 0 Å². The molecule has 2 nitrogen and oxygen atoms in total. The zero-order chi connectivity index (χ0) is 13.9. The number of hydrogen-bond donors (Lipinski definition) is 1. The average molecular weight is 380 g/mol. The fourth-order valence-corrected chi connectivity index (χ4v) is 3.26. The molecule has 1 aliphatic carbocycles. The topological polar surface area (TPSA) is 29.5 Å². The predicted molar refractivity (Wildman–Crippen MR) is 88.9 cm³/mol. The summed E-state index contributed by atoms with van der Waals surface area (Å²) in [5, 5.41) is 9.85. The van der Waals surface area contributed by atoms with Crippen molar-refractivity contribution in [2.75, 3.05) is 0 Å². The third-order valence-electron chi connectivity index (χ3n) is 3.74. The molecule has 3 heteroatoms. The van der Waals surface area contributed by atoms with Gasteiger partial charge in [0, 0.05) is 0 Å². The van der Waals surface area contributed by atoms with Gasteiger partial charge in [0.2, 0.25) is 0 Å². The first-order chi connectivity index (χ1) is 9.74. The van der Waals surface area contributed by atoms with Gasteiger partial charge in [0.1, 0.15) is 11.9 Å². The van der Waals surface area contributed by atoms with E-state index in [1.807, 2.05) is 24.3 Å². The van der Waals surface area contributed by atoms with Crippen LogP contribution < -0.4 is 4.74 Å². The molecule has 2 aromatic carbocycles. The van der Waals surface area contributed by atoms with Gasteiger partial charge in [0.05, 0.1) is 9.67 Å². The molecule has 104 valence electrons. The van der Waals surface area contributed by atoms with Crippen LogP contribution >= 0.6 is 22.6 Å². The molecule has 2 aromatic rings. The molecule has 0 radical (unpaired) electrons. The number of benzene rings is 2. The molecule has 0 saturated heterocycles. The smallest absolute Gasteiger partial charge is 0.133 e. The molecule has 20 heavy (non-hydrogen) atoms.